The Morgan fingerprint density at radius 3 is 2.79 bits per heavy atom. The molecule has 0 aromatic rings. The number of hydrogen-bond donors (Lipinski definition) is 0. The van der Waals surface area contributed by atoms with Crippen LogP contribution in [0.1, 0.15) is 13.3 Å². The van der Waals surface area contributed by atoms with Gasteiger partial charge in [-0.2, -0.15) is 0 Å². The van der Waals surface area contributed by atoms with Gasteiger partial charge in [0.2, 0.25) is 0 Å². The van der Waals surface area contributed by atoms with Gasteiger partial charge in [0.05, 0.1) is 10.3 Å². The molecule has 0 aromatic carbocycles. The van der Waals surface area contributed by atoms with Gasteiger partial charge < -0.3 is 4.74 Å². The predicted octanol–water partition coefficient (Wildman–Crippen LogP) is 2.45. The van der Waals surface area contributed by atoms with Gasteiger partial charge in [-0.1, -0.05) is 6.08 Å². The highest BCUT2D eigenvalue weighted by molar-refractivity contribution is 6.50. The predicted molar refractivity (Wildman–Crippen MR) is 56.1 cm³/mol. The van der Waals surface area contributed by atoms with Crippen molar-refractivity contribution < 1.29 is 9.53 Å². The van der Waals surface area contributed by atoms with Crippen molar-refractivity contribution in [1.82, 2.24) is 0 Å². The lowest BCUT2D eigenvalue weighted by molar-refractivity contribution is -0.144. The number of fused-ring (bicyclic) bond motifs is 1. The molecule has 2 rings (SSSR count). The maximum Gasteiger partial charge on any atom is 0.303 e. The van der Waals surface area contributed by atoms with E-state index in [-0.39, 0.29) is 11.3 Å². The van der Waals surface area contributed by atoms with E-state index in [1.54, 1.807) is 6.08 Å². The van der Waals surface area contributed by atoms with Gasteiger partial charge in [0.1, 0.15) is 11.0 Å². The van der Waals surface area contributed by atoms with Crippen LogP contribution in [0.25, 0.3) is 0 Å². The van der Waals surface area contributed by atoms with E-state index in [4.69, 9.17) is 39.5 Å². The second-order valence-corrected chi connectivity index (χ2v) is 5.39. The molecule has 0 saturated heterocycles. The van der Waals surface area contributed by atoms with Gasteiger partial charge in [-0.15, -0.1) is 34.8 Å². The molecule has 0 spiro atoms. The zero-order chi connectivity index (χ0) is 10.6. The number of esters is 1. The normalized spacial score (nSPS) is 49.7. The van der Waals surface area contributed by atoms with Crippen LogP contribution in [0.15, 0.2) is 12.2 Å². The van der Waals surface area contributed by atoms with E-state index in [0.29, 0.717) is 6.42 Å². The largest absolute Gasteiger partial charge is 0.456 e. The number of hydrogen-bond acceptors (Lipinski definition) is 2. The van der Waals surface area contributed by atoms with Gasteiger partial charge >= 0.3 is 5.97 Å². The number of halogens is 3. The summed E-state index contributed by atoms with van der Waals surface area (Å²) in [6.45, 7) is 1.34. The topological polar surface area (TPSA) is 26.3 Å². The zero-order valence-electron chi connectivity index (χ0n) is 7.47. The first-order valence-corrected chi connectivity index (χ1v) is 5.48. The van der Waals surface area contributed by atoms with Crippen molar-refractivity contribution in [2.45, 2.75) is 34.6 Å². The molecule has 2 nitrogen and oxygen atoms in total. The summed E-state index contributed by atoms with van der Waals surface area (Å²) >= 11 is 18.5. The minimum atomic E-state index is -0.837. The van der Waals surface area contributed by atoms with Gasteiger partial charge in [-0.05, 0) is 12.5 Å². The summed E-state index contributed by atoms with van der Waals surface area (Å²) in [5.41, 5.74) is 0. The highest BCUT2D eigenvalue weighted by atomic mass is 35.5. The summed E-state index contributed by atoms with van der Waals surface area (Å²) in [5, 5.41) is -0.363. The number of carbonyl (C=O) groups excluding carboxylic acids is 1. The van der Waals surface area contributed by atoms with E-state index in [0.717, 1.165) is 0 Å². The van der Waals surface area contributed by atoms with Crippen molar-refractivity contribution in [3.8, 4) is 0 Å². The molecule has 2 aliphatic rings. The Bertz CT molecular complexity index is 317. The number of ether oxygens (including phenoxy) is 1. The first-order chi connectivity index (χ1) is 6.43. The highest BCUT2D eigenvalue weighted by Gasteiger charge is 2.79. The number of alkyl halides is 3. The van der Waals surface area contributed by atoms with Crippen molar-refractivity contribution in [3.05, 3.63) is 12.2 Å². The Kier molecular flexibility index (Phi) is 2.30. The molecular weight excluding hydrogens is 246 g/mol. The number of rotatable bonds is 1. The summed E-state index contributed by atoms with van der Waals surface area (Å²) in [7, 11) is 0. The summed E-state index contributed by atoms with van der Waals surface area (Å²) in [5.74, 6) is -0.378. The maximum absolute atomic E-state index is 10.8. The summed E-state index contributed by atoms with van der Waals surface area (Å²) in [6.07, 6.45) is 3.70. The van der Waals surface area contributed by atoms with Gasteiger partial charge in [0.15, 0.2) is 0 Å². The van der Waals surface area contributed by atoms with Gasteiger partial charge in [0.25, 0.3) is 0 Å². The third kappa shape index (κ3) is 1.14. The molecule has 0 heterocycles. The van der Waals surface area contributed by atoms with Crippen molar-refractivity contribution >= 4 is 40.8 Å². The molecule has 0 aromatic heterocycles. The van der Waals surface area contributed by atoms with Crippen LogP contribution in [0, 0.1) is 0 Å². The quantitative estimate of drug-likeness (QED) is 0.409. The Hall–Kier alpha value is 0.0800. The third-order valence-corrected chi connectivity index (χ3v) is 5.25. The van der Waals surface area contributed by atoms with Crippen molar-refractivity contribution in [2.24, 2.45) is 0 Å². The Morgan fingerprint density at radius 1 is 1.57 bits per heavy atom. The van der Waals surface area contributed by atoms with E-state index >= 15 is 0 Å². The molecule has 78 valence electrons. The van der Waals surface area contributed by atoms with Crippen LogP contribution >= 0.6 is 34.8 Å². The fraction of sp³-hybridized carbons (Fsp3) is 0.667. The Morgan fingerprint density at radius 2 is 2.21 bits per heavy atom. The van der Waals surface area contributed by atoms with E-state index in [1.807, 2.05) is 6.08 Å². The van der Waals surface area contributed by atoms with Crippen LogP contribution in [0.4, 0.5) is 0 Å². The molecule has 0 aliphatic heterocycles. The Balaban J connectivity index is 2.23. The molecular formula is C9H9Cl3O2. The monoisotopic (exact) mass is 254 g/mol. The minimum absolute atomic E-state index is 0.363. The Labute approximate surface area is 97.1 Å². The molecule has 2 aliphatic carbocycles. The average molecular weight is 256 g/mol. The van der Waals surface area contributed by atoms with Gasteiger partial charge in [-0.25, -0.2) is 0 Å². The van der Waals surface area contributed by atoms with Gasteiger partial charge in [-0.3, -0.25) is 4.79 Å². The average Bonchev–Trinajstić information content (AvgIpc) is 2.53. The maximum atomic E-state index is 10.8. The third-order valence-electron chi connectivity index (χ3n) is 2.76. The van der Waals surface area contributed by atoms with Crippen LogP contribution in [-0.4, -0.2) is 27.2 Å². The standard InChI is InChI=1S/C9H9Cl3O2/c1-5(13)14-6-3-2-4-8(11)7(10)9(6,8)12/h2-3,6-7H,4H2,1H3/t6-,7-,8-,9+/m0/s1. The van der Waals surface area contributed by atoms with Crippen LogP contribution in [0.3, 0.4) is 0 Å². The summed E-state index contributed by atoms with van der Waals surface area (Å²) < 4.78 is 5.06. The molecule has 4 atom stereocenters. The molecule has 1 fully saturated rings. The van der Waals surface area contributed by atoms with E-state index in [1.165, 1.54) is 6.92 Å². The second-order valence-electron chi connectivity index (χ2n) is 3.66. The first kappa shape index (κ1) is 10.6. The van der Waals surface area contributed by atoms with Crippen LogP contribution in [0.5, 0.6) is 0 Å². The van der Waals surface area contributed by atoms with Crippen LogP contribution in [0.2, 0.25) is 0 Å². The molecule has 1 saturated carbocycles. The molecule has 14 heavy (non-hydrogen) atoms. The molecule has 0 unspecified atom stereocenters. The lowest BCUT2D eigenvalue weighted by atomic mass is 10.0. The zero-order valence-corrected chi connectivity index (χ0v) is 9.73. The van der Waals surface area contributed by atoms with Crippen LogP contribution < -0.4 is 0 Å². The smallest absolute Gasteiger partial charge is 0.303 e. The fourth-order valence-corrected chi connectivity index (χ4v) is 3.44. The first-order valence-electron chi connectivity index (χ1n) is 4.28. The summed E-state index contributed by atoms with van der Waals surface area (Å²) in [4.78, 5) is 9.33. The van der Waals surface area contributed by atoms with Crippen molar-refractivity contribution in [2.75, 3.05) is 0 Å². The van der Waals surface area contributed by atoms with Gasteiger partial charge in [0, 0.05) is 6.92 Å². The van der Waals surface area contributed by atoms with E-state index < -0.39 is 15.9 Å². The minimum Gasteiger partial charge on any atom is -0.456 e. The molecule has 5 heteroatoms. The molecule has 0 N–H and O–H groups in total. The molecule has 0 amide bonds. The van der Waals surface area contributed by atoms with Crippen molar-refractivity contribution in [1.29, 1.82) is 0 Å². The number of allylic oxidation sites excluding steroid dienone is 1. The highest BCUT2D eigenvalue weighted by Crippen LogP contribution is 2.67. The van der Waals surface area contributed by atoms with E-state index in [2.05, 4.69) is 0 Å². The van der Waals surface area contributed by atoms with Crippen LogP contribution in [-0.2, 0) is 9.53 Å². The lowest BCUT2D eigenvalue weighted by Crippen LogP contribution is -2.35. The van der Waals surface area contributed by atoms with E-state index in [9.17, 15) is 4.79 Å². The lowest BCUT2D eigenvalue weighted by Gasteiger charge is -2.24. The second kappa shape index (κ2) is 3.03. The SMILES string of the molecule is CC(=O)O[C@H]1C=CC[C@]2(Cl)[C@H](Cl)[C@]12Cl. The number of carbonyl (C=O) groups is 1. The summed E-state index contributed by atoms with van der Waals surface area (Å²) in [6, 6.07) is 0. The van der Waals surface area contributed by atoms with Crippen molar-refractivity contribution in [3.63, 3.8) is 0 Å². The fourth-order valence-electron chi connectivity index (χ4n) is 1.89. The molecule has 0 radical (unpaired) electrons. The molecule has 0 bridgehead atoms.